The fourth-order valence-corrected chi connectivity index (χ4v) is 7.23. The number of Topliss-reactive ketones (excluding diaryl/α,β-unsaturated/α-hetero) is 1. The van der Waals surface area contributed by atoms with Crippen LogP contribution in [0.3, 0.4) is 0 Å². The van der Waals surface area contributed by atoms with Crippen LogP contribution in [0.4, 0.5) is 5.00 Å². The van der Waals surface area contributed by atoms with Crippen molar-refractivity contribution < 1.29 is 19.1 Å². The van der Waals surface area contributed by atoms with E-state index in [1.165, 1.54) is 4.88 Å². The zero-order valence-corrected chi connectivity index (χ0v) is 21.5. The minimum atomic E-state index is -0.414. The molecule has 35 heavy (non-hydrogen) atoms. The number of rotatable bonds is 4. The molecule has 6 nitrogen and oxygen atoms in total. The number of carbonyl (C=O) groups excluding carboxylic acids is 2. The van der Waals surface area contributed by atoms with Gasteiger partial charge in [-0.15, -0.1) is 11.3 Å². The number of nitriles is 1. The third-order valence-corrected chi connectivity index (χ3v) is 8.70. The highest BCUT2D eigenvalue weighted by molar-refractivity contribution is 7.16. The maximum absolute atomic E-state index is 13.9. The lowest BCUT2D eigenvalue weighted by Crippen LogP contribution is -2.43. The molecule has 1 aliphatic heterocycles. The molecule has 0 unspecified atom stereocenters. The molecule has 5 rings (SSSR count). The molecule has 0 fully saturated rings. The van der Waals surface area contributed by atoms with Crippen molar-refractivity contribution in [2.75, 3.05) is 19.1 Å². The molecular weight excluding hydrogens is 460 g/mol. The number of allylic oxidation sites excluding steroid dienone is 2. The van der Waals surface area contributed by atoms with Crippen LogP contribution in [0.15, 0.2) is 29.5 Å². The minimum absolute atomic E-state index is 0.0588. The molecule has 0 bridgehead atoms. The number of thiophene rings is 1. The van der Waals surface area contributed by atoms with Crippen LogP contribution in [0.25, 0.3) is 0 Å². The van der Waals surface area contributed by atoms with Gasteiger partial charge in [0.2, 0.25) is 5.91 Å². The van der Waals surface area contributed by atoms with Crippen LogP contribution in [0.1, 0.15) is 73.4 Å². The lowest BCUT2D eigenvalue weighted by molar-refractivity contribution is -0.120. The van der Waals surface area contributed by atoms with Gasteiger partial charge in [-0.3, -0.25) is 14.5 Å². The molecule has 7 heteroatoms. The third kappa shape index (κ3) is 3.94. The van der Waals surface area contributed by atoms with Gasteiger partial charge in [-0.05, 0) is 61.3 Å². The molecule has 0 spiro atoms. The van der Waals surface area contributed by atoms with E-state index in [0.717, 1.165) is 42.5 Å². The SMILES string of the molecule is COc1ccc(OC)c([C@H]2CC(=O)N(c3sc4c(c3C#N)CCCC4)C3=C2C(=O)CC(C)(C)C3)c1. The van der Waals surface area contributed by atoms with E-state index in [-0.39, 0.29) is 23.5 Å². The summed E-state index contributed by atoms with van der Waals surface area (Å²) in [5.41, 5.74) is 3.62. The summed E-state index contributed by atoms with van der Waals surface area (Å²) in [7, 11) is 3.19. The van der Waals surface area contributed by atoms with Crippen molar-refractivity contribution in [1.82, 2.24) is 0 Å². The van der Waals surface area contributed by atoms with Gasteiger partial charge in [0.25, 0.3) is 0 Å². The van der Waals surface area contributed by atoms with Gasteiger partial charge in [-0.1, -0.05) is 13.8 Å². The summed E-state index contributed by atoms with van der Waals surface area (Å²) in [5.74, 6) is 0.843. The Bertz CT molecular complexity index is 1300. The highest BCUT2D eigenvalue weighted by Crippen LogP contribution is 2.52. The first-order valence-electron chi connectivity index (χ1n) is 12.1. The highest BCUT2D eigenvalue weighted by Gasteiger charge is 2.46. The summed E-state index contributed by atoms with van der Waals surface area (Å²) >= 11 is 1.56. The first kappa shape index (κ1) is 23.6. The number of aryl methyl sites for hydroxylation is 1. The molecule has 1 atom stereocenters. The first-order chi connectivity index (χ1) is 16.8. The zero-order chi connectivity index (χ0) is 24.9. The second-order valence-corrected chi connectivity index (χ2v) is 11.5. The average molecular weight is 491 g/mol. The lowest BCUT2D eigenvalue weighted by atomic mass is 9.69. The Kier molecular flexibility index (Phi) is 5.96. The van der Waals surface area contributed by atoms with E-state index < -0.39 is 5.92 Å². The van der Waals surface area contributed by atoms with Crippen LogP contribution in [-0.4, -0.2) is 25.9 Å². The van der Waals surface area contributed by atoms with Crippen molar-refractivity contribution >= 4 is 28.0 Å². The minimum Gasteiger partial charge on any atom is -0.497 e. The Labute approximate surface area is 210 Å². The van der Waals surface area contributed by atoms with E-state index in [1.54, 1.807) is 30.5 Å². The van der Waals surface area contributed by atoms with Gasteiger partial charge in [-0.2, -0.15) is 5.26 Å². The summed E-state index contributed by atoms with van der Waals surface area (Å²) in [6.07, 6.45) is 5.12. The molecule has 2 aromatic rings. The molecule has 2 aliphatic carbocycles. The molecule has 2 heterocycles. The number of fused-ring (bicyclic) bond motifs is 1. The zero-order valence-electron chi connectivity index (χ0n) is 20.7. The van der Waals surface area contributed by atoms with Gasteiger partial charge in [0, 0.05) is 40.5 Å². The van der Waals surface area contributed by atoms with Crippen LogP contribution >= 0.6 is 11.3 Å². The first-order valence-corrected chi connectivity index (χ1v) is 13.0. The molecule has 0 radical (unpaired) electrons. The topological polar surface area (TPSA) is 79.6 Å². The number of hydrogen-bond donors (Lipinski definition) is 0. The second-order valence-electron chi connectivity index (χ2n) is 10.4. The Morgan fingerprint density at radius 2 is 1.89 bits per heavy atom. The number of carbonyl (C=O) groups is 2. The smallest absolute Gasteiger partial charge is 0.232 e. The molecule has 0 saturated carbocycles. The number of nitrogens with zero attached hydrogens (tertiary/aromatic N) is 2. The molecule has 1 aromatic carbocycles. The maximum Gasteiger partial charge on any atom is 0.232 e. The molecule has 0 saturated heterocycles. The highest BCUT2D eigenvalue weighted by atomic mass is 32.1. The standard InChI is InChI=1S/C28H30N2O4S/c1-28(2)13-21-26(22(31)14-28)19(18-11-16(33-3)9-10-23(18)34-4)12-25(32)30(21)27-20(15-29)17-7-5-6-8-24(17)35-27/h9-11,19H,5-8,12-14H2,1-4H3/t19-/m1/s1. The monoisotopic (exact) mass is 490 g/mol. The largest absolute Gasteiger partial charge is 0.497 e. The summed E-state index contributed by atoms with van der Waals surface area (Å²) in [6, 6.07) is 7.91. The summed E-state index contributed by atoms with van der Waals surface area (Å²) in [5, 5.41) is 10.8. The van der Waals surface area contributed by atoms with Crippen molar-refractivity contribution in [2.45, 2.75) is 64.7 Å². The summed E-state index contributed by atoms with van der Waals surface area (Å²) in [4.78, 5) is 30.5. The van der Waals surface area contributed by atoms with Crippen LogP contribution in [-0.2, 0) is 22.4 Å². The van der Waals surface area contributed by atoms with E-state index in [4.69, 9.17) is 9.47 Å². The van der Waals surface area contributed by atoms with Gasteiger partial charge < -0.3 is 9.47 Å². The van der Waals surface area contributed by atoms with E-state index in [2.05, 4.69) is 19.9 Å². The number of anilines is 1. The van der Waals surface area contributed by atoms with E-state index in [9.17, 15) is 14.9 Å². The number of amides is 1. The van der Waals surface area contributed by atoms with Crippen molar-refractivity contribution in [3.63, 3.8) is 0 Å². The normalized spacial score (nSPS) is 21.3. The van der Waals surface area contributed by atoms with Crippen LogP contribution in [0.2, 0.25) is 0 Å². The predicted molar refractivity (Wildman–Crippen MR) is 135 cm³/mol. The Balaban J connectivity index is 1.73. The van der Waals surface area contributed by atoms with Crippen LogP contribution in [0.5, 0.6) is 11.5 Å². The fraction of sp³-hybridized carbons (Fsp3) is 0.464. The van der Waals surface area contributed by atoms with E-state index in [0.29, 0.717) is 40.5 Å². The summed E-state index contributed by atoms with van der Waals surface area (Å²) < 4.78 is 11.1. The van der Waals surface area contributed by atoms with Gasteiger partial charge in [0.05, 0.1) is 19.8 Å². The second kappa shape index (κ2) is 8.83. The fourth-order valence-electron chi connectivity index (χ4n) is 5.85. The van der Waals surface area contributed by atoms with Gasteiger partial charge >= 0.3 is 0 Å². The van der Waals surface area contributed by atoms with Gasteiger partial charge in [0.1, 0.15) is 22.6 Å². The van der Waals surface area contributed by atoms with Crippen molar-refractivity contribution in [2.24, 2.45) is 5.41 Å². The number of benzene rings is 1. The maximum atomic E-state index is 13.9. The number of methoxy groups -OCH3 is 2. The molecular formula is C28H30N2O4S. The summed E-state index contributed by atoms with van der Waals surface area (Å²) in [6.45, 7) is 4.13. The van der Waals surface area contributed by atoms with Gasteiger partial charge in [0.15, 0.2) is 5.78 Å². The lowest BCUT2D eigenvalue weighted by Gasteiger charge is -2.42. The molecule has 3 aliphatic rings. The number of hydrogen-bond acceptors (Lipinski definition) is 6. The van der Waals surface area contributed by atoms with Crippen molar-refractivity contribution in [3.05, 3.63) is 51.0 Å². The average Bonchev–Trinajstić information content (AvgIpc) is 3.20. The number of ketones is 1. The quantitative estimate of drug-likeness (QED) is 0.551. The molecule has 182 valence electrons. The Morgan fingerprint density at radius 3 is 2.60 bits per heavy atom. The Hall–Kier alpha value is -3.11. The number of ether oxygens (including phenoxy) is 2. The van der Waals surface area contributed by atoms with Crippen LogP contribution in [0, 0.1) is 16.7 Å². The molecule has 1 aromatic heterocycles. The predicted octanol–water partition coefficient (Wildman–Crippen LogP) is 5.68. The van der Waals surface area contributed by atoms with Crippen LogP contribution < -0.4 is 14.4 Å². The molecule has 0 N–H and O–H groups in total. The van der Waals surface area contributed by atoms with Gasteiger partial charge in [-0.25, -0.2) is 0 Å². The Morgan fingerprint density at radius 1 is 1.11 bits per heavy atom. The third-order valence-electron chi connectivity index (χ3n) is 7.42. The van der Waals surface area contributed by atoms with E-state index >= 15 is 0 Å². The van der Waals surface area contributed by atoms with Crippen molar-refractivity contribution in [1.29, 1.82) is 5.26 Å². The molecule has 1 amide bonds. The van der Waals surface area contributed by atoms with Crippen molar-refractivity contribution in [3.8, 4) is 17.6 Å². The van der Waals surface area contributed by atoms with E-state index in [1.807, 2.05) is 18.2 Å².